The van der Waals surface area contributed by atoms with Crippen LogP contribution in [-0.2, 0) is 14.6 Å². The Bertz CT molecular complexity index is 524. The molecular weight excluding hydrogens is 252 g/mol. The van der Waals surface area contributed by atoms with Gasteiger partial charge in [0.1, 0.15) is 0 Å². The number of para-hydroxylation sites is 1. The Kier molecular flexibility index (Phi) is 4.72. The monoisotopic (exact) mass is 270 g/mol. The van der Waals surface area contributed by atoms with Crippen LogP contribution in [0.1, 0.15) is 6.42 Å². The molecule has 0 bridgehead atoms. The molecule has 6 heteroatoms. The molecule has 0 atom stereocenters. The molecular formula is C12H18N2O3S. The molecule has 0 fully saturated rings. The van der Waals surface area contributed by atoms with E-state index in [-0.39, 0.29) is 10.8 Å². The first-order chi connectivity index (χ1) is 8.32. The van der Waals surface area contributed by atoms with E-state index in [0.29, 0.717) is 18.7 Å². The Morgan fingerprint density at radius 2 is 1.89 bits per heavy atom. The zero-order valence-corrected chi connectivity index (χ0v) is 11.6. The van der Waals surface area contributed by atoms with Gasteiger partial charge in [0.2, 0.25) is 5.91 Å². The first-order valence-electron chi connectivity index (χ1n) is 5.55. The molecule has 1 amide bonds. The summed E-state index contributed by atoms with van der Waals surface area (Å²) in [7, 11) is 0.116. The Hall–Kier alpha value is -1.56. The number of rotatable bonds is 5. The number of amides is 1. The summed E-state index contributed by atoms with van der Waals surface area (Å²) in [5.74, 6) is -0.000614. The Morgan fingerprint density at radius 3 is 2.44 bits per heavy atom. The number of benzene rings is 1. The second kappa shape index (κ2) is 5.86. The van der Waals surface area contributed by atoms with Gasteiger partial charge in [0.05, 0.1) is 10.6 Å². The van der Waals surface area contributed by atoms with Gasteiger partial charge in [-0.25, -0.2) is 8.42 Å². The van der Waals surface area contributed by atoms with Crippen LogP contribution in [0.4, 0.5) is 5.69 Å². The van der Waals surface area contributed by atoms with Crippen molar-refractivity contribution in [1.82, 2.24) is 4.90 Å². The van der Waals surface area contributed by atoms with Crippen LogP contribution in [0, 0.1) is 0 Å². The van der Waals surface area contributed by atoms with E-state index in [9.17, 15) is 13.2 Å². The van der Waals surface area contributed by atoms with E-state index < -0.39 is 9.84 Å². The minimum absolute atomic E-state index is 0.000614. The van der Waals surface area contributed by atoms with Crippen molar-refractivity contribution in [3.05, 3.63) is 24.3 Å². The van der Waals surface area contributed by atoms with Gasteiger partial charge in [-0.3, -0.25) is 4.79 Å². The average molecular weight is 270 g/mol. The maximum atomic E-state index is 11.5. The third-order valence-electron chi connectivity index (χ3n) is 2.44. The van der Waals surface area contributed by atoms with Crippen LogP contribution in [0.15, 0.2) is 29.2 Å². The quantitative estimate of drug-likeness (QED) is 0.866. The minimum atomic E-state index is -3.26. The molecule has 5 nitrogen and oxygen atoms in total. The van der Waals surface area contributed by atoms with Gasteiger partial charge in [-0.2, -0.15) is 0 Å². The molecule has 0 aromatic heterocycles. The van der Waals surface area contributed by atoms with Crippen molar-refractivity contribution in [2.45, 2.75) is 11.3 Å². The average Bonchev–Trinajstić information content (AvgIpc) is 2.28. The second-order valence-electron chi connectivity index (χ2n) is 4.23. The topological polar surface area (TPSA) is 66.5 Å². The number of nitrogens with one attached hydrogen (secondary N) is 1. The molecule has 0 saturated heterocycles. The number of anilines is 1. The van der Waals surface area contributed by atoms with Crippen molar-refractivity contribution in [2.24, 2.45) is 0 Å². The predicted molar refractivity (Wildman–Crippen MR) is 71.4 cm³/mol. The number of carbonyl (C=O) groups excluding carboxylic acids is 1. The second-order valence-corrected chi connectivity index (χ2v) is 6.22. The van der Waals surface area contributed by atoms with Gasteiger partial charge in [0, 0.05) is 33.3 Å². The normalized spacial score (nSPS) is 11.1. The molecule has 0 aliphatic heterocycles. The summed E-state index contributed by atoms with van der Waals surface area (Å²) in [6, 6.07) is 6.67. The SMILES string of the molecule is CN(C)C(=O)CCNc1ccccc1S(C)(=O)=O. The molecule has 0 spiro atoms. The molecule has 0 radical (unpaired) electrons. The van der Waals surface area contributed by atoms with Crippen molar-refractivity contribution < 1.29 is 13.2 Å². The van der Waals surface area contributed by atoms with Gasteiger partial charge < -0.3 is 10.2 Å². The van der Waals surface area contributed by atoms with Crippen molar-refractivity contribution in [3.63, 3.8) is 0 Å². The Morgan fingerprint density at radius 1 is 1.28 bits per heavy atom. The van der Waals surface area contributed by atoms with Gasteiger partial charge in [0.15, 0.2) is 9.84 Å². The van der Waals surface area contributed by atoms with Gasteiger partial charge in [0.25, 0.3) is 0 Å². The summed E-state index contributed by atoms with van der Waals surface area (Å²) < 4.78 is 23.1. The number of nitrogens with zero attached hydrogens (tertiary/aromatic N) is 1. The summed E-state index contributed by atoms with van der Waals surface area (Å²) in [5.41, 5.74) is 0.534. The lowest BCUT2D eigenvalue weighted by atomic mass is 10.3. The molecule has 0 saturated carbocycles. The molecule has 1 N–H and O–H groups in total. The van der Waals surface area contributed by atoms with Crippen LogP contribution >= 0.6 is 0 Å². The maximum absolute atomic E-state index is 11.5. The van der Waals surface area contributed by atoms with E-state index in [1.165, 1.54) is 11.2 Å². The zero-order valence-electron chi connectivity index (χ0n) is 10.8. The fourth-order valence-electron chi connectivity index (χ4n) is 1.46. The molecule has 18 heavy (non-hydrogen) atoms. The summed E-state index contributed by atoms with van der Waals surface area (Å²) in [4.78, 5) is 13.1. The highest BCUT2D eigenvalue weighted by Crippen LogP contribution is 2.20. The number of carbonyl (C=O) groups is 1. The number of hydrogen-bond acceptors (Lipinski definition) is 4. The van der Waals surface area contributed by atoms with Crippen LogP contribution in [0.25, 0.3) is 0 Å². The van der Waals surface area contributed by atoms with Crippen LogP contribution < -0.4 is 5.32 Å². The summed E-state index contributed by atoms with van der Waals surface area (Å²) in [6.45, 7) is 0.406. The highest BCUT2D eigenvalue weighted by molar-refractivity contribution is 7.90. The molecule has 0 aliphatic rings. The fourth-order valence-corrected chi connectivity index (χ4v) is 2.33. The van der Waals surface area contributed by atoms with Crippen molar-refractivity contribution in [3.8, 4) is 0 Å². The van der Waals surface area contributed by atoms with Crippen molar-refractivity contribution in [2.75, 3.05) is 32.2 Å². The smallest absolute Gasteiger partial charge is 0.223 e. The summed E-state index contributed by atoms with van der Waals surface area (Å²) in [6.07, 6.45) is 1.49. The molecule has 0 aliphatic carbocycles. The molecule has 1 aromatic rings. The zero-order chi connectivity index (χ0) is 13.8. The van der Waals surface area contributed by atoms with Crippen molar-refractivity contribution in [1.29, 1.82) is 0 Å². The highest BCUT2D eigenvalue weighted by Gasteiger charge is 2.12. The standard InChI is InChI=1S/C12H18N2O3S/c1-14(2)12(15)8-9-13-10-6-4-5-7-11(10)18(3,16)17/h4-7,13H,8-9H2,1-3H3. The molecule has 0 unspecified atom stereocenters. The van der Waals surface area contributed by atoms with E-state index in [1.54, 1.807) is 38.4 Å². The third-order valence-corrected chi connectivity index (χ3v) is 3.59. The van der Waals surface area contributed by atoms with Gasteiger partial charge in [-0.1, -0.05) is 12.1 Å². The fraction of sp³-hybridized carbons (Fsp3) is 0.417. The molecule has 100 valence electrons. The molecule has 1 rings (SSSR count). The number of sulfone groups is 1. The first-order valence-corrected chi connectivity index (χ1v) is 7.44. The highest BCUT2D eigenvalue weighted by atomic mass is 32.2. The summed E-state index contributed by atoms with van der Waals surface area (Å²) >= 11 is 0. The van der Waals surface area contributed by atoms with Crippen LogP contribution in [0.3, 0.4) is 0 Å². The Balaban J connectivity index is 2.72. The van der Waals surface area contributed by atoms with E-state index in [0.717, 1.165) is 0 Å². The van der Waals surface area contributed by atoms with Crippen LogP contribution in [0.5, 0.6) is 0 Å². The largest absolute Gasteiger partial charge is 0.383 e. The lowest BCUT2D eigenvalue weighted by molar-refractivity contribution is -0.128. The van der Waals surface area contributed by atoms with Crippen LogP contribution in [0.2, 0.25) is 0 Å². The van der Waals surface area contributed by atoms with Gasteiger partial charge in [-0.15, -0.1) is 0 Å². The molecule has 0 heterocycles. The number of hydrogen-bond donors (Lipinski definition) is 1. The van der Waals surface area contributed by atoms with Crippen molar-refractivity contribution >= 4 is 21.4 Å². The van der Waals surface area contributed by atoms with E-state index in [4.69, 9.17) is 0 Å². The molecule has 1 aromatic carbocycles. The Labute approximate surface area is 108 Å². The first kappa shape index (κ1) is 14.5. The van der Waals surface area contributed by atoms with Gasteiger partial charge >= 0.3 is 0 Å². The maximum Gasteiger partial charge on any atom is 0.223 e. The van der Waals surface area contributed by atoms with E-state index in [1.807, 2.05) is 0 Å². The van der Waals surface area contributed by atoms with Crippen LogP contribution in [-0.4, -0.2) is 46.1 Å². The third kappa shape index (κ3) is 4.03. The predicted octanol–water partition coefficient (Wildman–Crippen LogP) is 0.980. The minimum Gasteiger partial charge on any atom is -0.383 e. The lowest BCUT2D eigenvalue weighted by Crippen LogP contribution is -2.24. The van der Waals surface area contributed by atoms with E-state index in [2.05, 4.69) is 5.32 Å². The summed E-state index contributed by atoms with van der Waals surface area (Å²) in [5, 5.41) is 2.98. The van der Waals surface area contributed by atoms with E-state index >= 15 is 0 Å². The lowest BCUT2D eigenvalue weighted by Gasteiger charge is -2.13. The van der Waals surface area contributed by atoms with Gasteiger partial charge in [-0.05, 0) is 12.1 Å².